The third-order valence-electron chi connectivity index (χ3n) is 2.85. The molecule has 0 aromatic heterocycles. The fourth-order valence-electron chi connectivity index (χ4n) is 1.76. The van der Waals surface area contributed by atoms with Gasteiger partial charge in [-0.25, -0.2) is 4.79 Å². The van der Waals surface area contributed by atoms with Crippen LogP contribution in [-0.4, -0.2) is 31.6 Å². The van der Waals surface area contributed by atoms with Crippen LogP contribution in [0.15, 0.2) is 23.8 Å². The van der Waals surface area contributed by atoms with Gasteiger partial charge in [-0.05, 0) is 31.2 Å². The van der Waals surface area contributed by atoms with Gasteiger partial charge in [-0.3, -0.25) is 4.79 Å². The maximum atomic E-state index is 11.9. The van der Waals surface area contributed by atoms with Gasteiger partial charge in [-0.2, -0.15) is 0 Å². The van der Waals surface area contributed by atoms with Gasteiger partial charge in [-0.15, -0.1) is 0 Å². The van der Waals surface area contributed by atoms with E-state index in [9.17, 15) is 9.59 Å². The highest BCUT2D eigenvalue weighted by Crippen LogP contribution is 2.29. The van der Waals surface area contributed by atoms with Crippen molar-refractivity contribution in [3.05, 3.63) is 34.4 Å². The number of amides is 1. The van der Waals surface area contributed by atoms with Crippen LogP contribution in [-0.2, 0) is 14.3 Å². The number of carbonyl (C=O) groups is 2. The number of nitrogens with one attached hydrogen (secondary N) is 1. The summed E-state index contributed by atoms with van der Waals surface area (Å²) in [5.41, 5.74) is 1.05. The van der Waals surface area contributed by atoms with E-state index >= 15 is 0 Å². The summed E-state index contributed by atoms with van der Waals surface area (Å²) in [5.74, 6) is -0.281. The fourth-order valence-corrected chi connectivity index (χ4v) is 1.94. The predicted molar refractivity (Wildman–Crippen MR) is 74.5 cm³/mol. The number of likely N-dealkylation sites (N-methyl/N-ethyl adjacent to an activating group) is 1. The molecule has 0 saturated carbocycles. The fraction of sp³-hybridized carbons (Fsp3) is 0.286. The molecule has 106 valence electrons. The highest BCUT2D eigenvalue weighted by atomic mass is 35.5. The van der Waals surface area contributed by atoms with Crippen molar-refractivity contribution in [1.29, 1.82) is 0 Å². The van der Waals surface area contributed by atoms with Crippen LogP contribution in [0.25, 0.3) is 6.08 Å². The molecule has 0 saturated heterocycles. The third kappa shape index (κ3) is 3.11. The van der Waals surface area contributed by atoms with E-state index < -0.39 is 12.1 Å². The minimum Gasteiger partial charge on any atom is -0.488 e. The summed E-state index contributed by atoms with van der Waals surface area (Å²) in [6.45, 7) is 1.61. The lowest BCUT2D eigenvalue weighted by molar-refractivity contribution is -0.151. The van der Waals surface area contributed by atoms with E-state index in [2.05, 4.69) is 5.32 Å². The number of benzene rings is 1. The van der Waals surface area contributed by atoms with Crippen molar-refractivity contribution in [2.75, 3.05) is 13.7 Å². The van der Waals surface area contributed by atoms with Crippen LogP contribution in [0.4, 0.5) is 0 Å². The molecule has 1 aliphatic heterocycles. The molecule has 2 rings (SSSR count). The van der Waals surface area contributed by atoms with E-state index in [4.69, 9.17) is 21.1 Å². The average molecular weight is 296 g/mol. The summed E-state index contributed by atoms with van der Waals surface area (Å²) in [6, 6.07) is 5.15. The second-order valence-corrected chi connectivity index (χ2v) is 4.74. The van der Waals surface area contributed by atoms with E-state index in [1.807, 2.05) is 0 Å². The van der Waals surface area contributed by atoms with Crippen LogP contribution in [0.3, 0.4) is 0 Å². The van der Waals surface area contributed by atoms with Crippen LogP contribution in [0.1, 0.15) is 12.5 Å². The van der Waals surface area contributed by atoms with Gasteiger partial charge in [0.2, 0.25) is 0 Å². The van der Waals surface area contributed by atoms with Gasteiger partial charge in [0.05, 0.1) is 5.57 Å². The Kier molecular flexibility index (Phi) is 4.29. The molecule has 1 aromatic rings. The highest BCUT2D eigenvalue weighted by Gasteiger charge is 2.22. The molecule has 0 aliphatic carbocycles. The molecule has 0 radical (unpaired) electrons. The molecule has 1 atom stereocenters. The molecular weight excluding hydrogens is 282 g/mol. The zero-order chi connectivity index (χ0) is 14.7. The van der Waals surface area contributed by atoms with Gasteiger partial charge < -0.3 is 14.8 Å². The monoisotopic (exact) mass is 295 g/mol. The Morgan fingerprint density at radius 1 is 1.45 bits per heavy atom. The molecule has 1 unspecified atom stereocenters. The minimum absolute atomic E-state index is 0.105. The predicted octanol–water partition coefficient (Wildman–Crippen LogP) is 1.79. The molecule has 20 heavy (non-hydrogen) atoms. The molecule has 0 spiro atoms. The van der Waals surface area contributed by atoms with Gasteiger partial charge >= 0.3 is 5.97 Å². The zero-order valence-electron chi connectivity index (χ0n) is 11.1. The van der Waals surface area contributed by atoms with Crippen LogP contribution in [0, 0.1) is 0 Å². The lowest BCUT2D eigenvalue weighted by Gasteiger charge is -2.18. The lowest BCUT2D eigenvalue weighted by Crippen LogP contribution is -2.34. The maximum absolute atomic E-state index is 11.9. The Balaban J connectivity index is 2.14. The maximum Gasteiger partial charge on any atom is 0.338 e. The van der Waals surface area contributed by atoms with Crippen molar-refractivity contribution < 1.29 is 19.1 Å². The minimum atomic E-state index is -0.853. The van der Waals surface area contributed by atoms with Crippen molar-refractivity contribution in [2.24, 2.45) is 0 Å². The normalized spacial score (nSPS) is 14.4. The molecule has 1 amide bonds. The summed E-state index contributed by atoms with van der Waals surface area (Å²) < 4.78 is 10.5. The van der Waals surface area contributed by atoms with Crippen molar-refractivity contribution in [3.8, 4) is 5.75 Å². The number of esters is 1. The number of fused-ring (bicyclic) bond motifs is 1. The van der Waals surface area contributed by atoms with Crippen molar-refractivity contribution in [1.82, 2.24) is 5.32 Å². The highest BCUT2D eigenvalue weighted by molar-refractivity contribution is 6.30. The molecule has 0 fully saturated rings. The van der Waals surface area contributed by atoms with E-state index in [1.54, 1.807) is 24.3 Å². The van der Waals surface area contributed by atoms with Gasteiger partial charge in [0.15, 0.2) is 6.10 Å². The van der Waals surface area contributed by atoms with Gasteiger partial charge in [0, 0.05) is 17.6 Å². The number of hydrogen-bond acceptors (Lipinski definition) is 4. The molecule has 1 N–H and O–H groups in total. The Labute approximate surface area is 121 Å². The van der Waals surface area contributed by atoms with Crippen LogP contribution >= 0.6 is 11.6 Å². The third-order valence-corrected chi connectivity index (χ3v) is 3.08. The Hall–Kier alpha value is -2.01. The smallest absolute Gasteiger partial charge is 0.338 e. The number of carbonyl (C=O) groups excluding carboxylic acids is 2. The van der Waals surface area contributed by atoms with Gasteiger partial charge in [0.25, 0.3) is 5.91 Å². The Morgan fingerprint density at radius 2 is 2.20 bits per heavy atom. The molecular formula is C14H14ClNO4. The van der Waals surface area contributed by atoms with Crippen LogP contribution < -0.4 is 10.1 Å². The summed E-state index contributed by atoms with van der Waals surface area (Å²) >= 11 is 5.89. The second kappa shape index (κ2) is 5.96. The van der Waals surface area contributed by atoms with Crippen molar-refractivity contribution in [2.45, 2.75) is 13.0 Å². The first-order valence-corrected chi connectivity index (χ1v) is 6.44. The first kappa shape index (κ1) is 14.4. The topological polar surface area (TPSA) is 64.6 Å². The van der Waals surface area contributed by atoms with E-state index in [-0.39, 0.29) is 12.5 Å². The first-order chi connectivity index (χ1) is 9.51. The summed E-state index contributed by atoms with van der Waals surface area (Å²) in [4.78, 5) is 23.3. The quantitative estimate of drug-likeness (QED) is 0.864. The lowest BCUT2D eigenvalue weighted by atomic mass is 10.1. The van der Waals surface area contributed by atoms with Crippen LogP contribution in [0.2, 0.25) is 5.02 Å². The summed E-state index contributed by atoms with van der Waals surface area (Å²) in [7, 11) is 1.48. The SMILES string of the molecule is CNC(=O)C(C)OC(=O)C1=Cc2cc(Cl)ccc2OC1. The van der Waals surface area contributed by atoms with Gasteiger partial charge in [-0.1, -0.05) is 11.6 Å². The molecule has 5 nitrogen and oxygen atoms in total. The molecule has 1 aromatic carbocycles. The Morgan fingerprint density at radius 3 is 2.90 bits per heavy atom. The summed E-state index contributed by atoms with van der Waals surface area (Å²) in [5, 5.41) is 2.96. The van der Waals surface area contributed by atoms with Crippen molar-refractivity contribution >= 4 is 29.6 Å². The molecule has 0 bridgehead atoms. The standard InChI is InChI=1S/C14H14ClNO4/c1-8(13(17)16-2)20-14(18)10-5-9-6-11(15)3-4-12(9)19-7-10/h3-6,8H,7H2,1-2H3,(H,16,17). The average Bonchev–Trinajstić information content (AvgIpc) is 2.45. The van der Waals surface area contributed by atoms with E-state index in [0.29, 0.717) is 21.9 Å². The van der Waals surface area contributed by atoms with E-state index in [1.165, 1.54) is 14.0 Å². The molecule has 6 heteroatoms. The van der Waals surface area contributed by atoms with Crippen molar-refractivity contribution in [3.63, 3.8) is 0 Å². The zero-order valence-corrected chi connectivity index (χ0v) is 11.9. The summed E-state index contributed by atoms with van der Waals surface area (Å²) in [6.07, 6.45) is 0.804. The van der Waals surface area contributed by atoms with Crippen LogP contribution in [0.5, 0.6) is 5.75 Å². The number of rotatable bonds is 3. The van der Waals surface area contributed by atoms with E-state index in [0.717, 1.165) is 0 Å². The largest absolute Gasteiger partial charge is 0.488 e. The second-order valence-electron chi connectivity index (χ2n) is 4.30. The van der Waals surface area contributed by atoms with Gasteiger partial charge in [0.1, 0.15) is 12.4 Å². The molecule has 1 aliphatic rings. The molecule has 1 heterocycles. The first-order valence-electron chi connectivity index (χ1n) is 6.06. The Bertz CT molecular complexity index is 583. The number of hydrogen-bond donors (Lipinski definition) is 1. The number of halogens is 1. The number of ether oxygens (including phenoxy) is 2.